The number of ether oxygens (including phenoxy) is 2. The van der Waals surface area contributed by atoms with Gasteiger partial charge in [0.1, 0.15) is 6.04 Å². The van der Waals surface area contributed by atoms with Crippen molar-refractivity contribution >= 4 is 17.8 Å². The summed E-state index contributed by atoms with van der Waals surface area (Å²) in [5, 5.41) is 4.35. The van der Waals surface area contributed by atoms with Crippen LogP contribution in [0.3, 0.4) is 0 Å². The summed E-state index contributed by atoms with van der Waals surface area (Å²) in [7, 11) is 0. The quantitative estimate of drug-likeness (QED) is 0.497. The molecule has 1 aliphatic heterocycles. The topological polar surface area (TPSA) is 104 Å². The average molecular weight is 463 g/mol. The molecule has 0 saturated carbocycles. The van der Waals surface area contributed by atoms with Crippen LogP contribution in [0.2, 0.25) is 0 Å². The highest BCUT2D eigenvalue weighted by molar-refractivity contribution is 5.90. The Morgan fingerprint density at radius 3 is 2.38 bits per heavy atom. The van der Waals surface area contributed by atoms with Gasteiger partial charge < -0.3 is 14.4 Å². The molecule has 0 spiro atoms. The second-order valence-corrected chi connectivity index (χ2v) is 7.80. The highest BCUT2D eigenvalue weighted by Gasteiger charge is 2.33. The van der Waals surface area contributed by atoms with Gasteiger partial charge in [-0.25, -0.2) is 19.3 Å². The minimum Gasteiger partial charge on any atom is -0.464 e. The molecule has 0 aliphatic carbocycles. The number of amides is 1. The van der Waals surface area contributed by atoms with Gasteiger partial charge in [0.2, 0.25) is 0 Å². The van der Waals surface area contributed by atoms with E-state index in [1.807, 2.05) is 60.7 Å². The van der Waals surface area contributed by atoms with Crippen LogP contribution in [0.4, 0.5) is 0 Å². The van der Waals surface area contributed by atoms with Gasteiger partial charge in [0.05, 0.1) is 12.3 Å². The maximum absolute atomic E-state index is 12.8. The molecule has 4 rings (SSSR count). The predicted octanol–water partition coefficient (Wildman–Crippen LogP) is 3.04. The molecule has 1 atom stereocenters. The third kappa shape index (κ3) is 5.14. The normalized spacial score (nSPS) is 15.6. The maximum Gasteiger partial charge on any atom is 0.378 e. The zero-order chi connectivity index (χ0) is 23.9. The van der Waals surface area contributed by atoms with Crippen LogP contribution in [0.15, 0.2) is 60.7 Å². The van der Waals surface area contributed by atoms with Crippen LogP contribution >= 0.6 is 0 Å². The first kappa shape index (κ1) is 23.2. The van der Waals surface area contributed by atoms with E-state index in [9.17, 15) is 14.4 Å². The first-order chi connectivity index (χ1) is 16.6. The van der Waals surface area contributed by atoms with Crippen molar-refractivity contribution in [2.75, 3.05) is 19.8 Å². The van der Waals surface area contributed by atoms with Crippen LogP contribution in [-0.2, 0) is 19.1 Å². The van der Waals surface area contributed by atoms with E-state index >= 15 is 0 Å². The molecule has 1 fully saturated rings. The highest BCUT2D eigenvalue weighted by Crippen LogP contribution is 2.22. The lowest BCUT2D eigenvalue weighted by atomic mass is 10.0. The van der Waals surface area contributed by atoms with E-state index < -0.39 is 30.5 Å². The number of likely N-dealkylation sites (tertiary alicyclic amines) is 1. The van der Waals surface area contributed by atoms with Gasteiger partial charge in [-0.3, -0.25) is 4.79 Å². The lowest BCUT2D eigenvalue weighted by Crippen LogP contribution is -2.50. The fraction of sp³-hybridized carbons (Fsp3) is 0.320. The molecule has 3 aromatic rings. The number of carbonyl (C=O) groups excluding carboxylic acids is 3. The van der Waals surface area contributed by atoms with Crippen molar-refractivity contribution in [1.29, 1.82) is 0 Å². The van der Waals surface area contributed by atoms with Crippen molar-refractivity contribution in [3.63, 3.8) is 0 Å². The van der Waals surface area contributed by atoms with Crippen LogP contribution in [-0.4, -0.2) is 63.3 Å². The van der Waals surface area contributed by atoms with Crippen LogP contribution in [0.5, 0.6) is 0 Å². The molecule has 34 heavy (non-hydrogen) atoms. The molecule has 0 bridgehead atoms. The molecular weight excluding hydrogens is 436 g/mol. The number of aromatic nitrogens is 3. The molecule has 9 nitrogen and oxygen atoms in total. The summed E-state index contributed by atoms with van der Waals surface area (Å²) in [5.74, 6) is -1.38. The number of esters is 2. The molecule has 1 aromatic heterocycles. The van der Waals surface area contributed by atoms with Gasteiger partial charge in [-0.2, -0.15) is 0 Å². The summed E-state index contributed by atoms with van der Waals surface area (Å²) in [6.45, 7) is 1.87. The van der Waals surface area contributed by atoms with Crippen LogP contribution < -0.4 is 0 Å². The molecule has 0 N–H and O–H groups in total. The van der Waals surface area contributed by atoms with Crippen LogP contribution in [0.1, 0.15) is 36.8 Å². The fourth-order valence-corrected chi connectivity index (χ4v) is 3.91. The second kappa shape index (κ2) is 10.7. The van der Waals surface area contributed by atoms with Gasteiger partial charge in [-0.1, -0.05) is 48.5 Å². The Morgan fingerprint density at radius 2 is 1.68 bits per heavy atom. The molecule has 2 heterocycles. The number of piperidine rings is 1. The van der Waals surface area contributed by atoms with Crippen LogP contribution in [0, 0.1) is 0 Å². The largest absolute Gasteiger partial charge is 0.464 e. The van der Waals surface area contributed by atoms with Crippen molar-refractivity contribution in [3.05, 3.63) is 66.5 Å². The molecule has 1 saturated heterocycles. The van der Waals surface area contributed by atoms with Gasteiger partial charge in [-0.15, -0.1) is 5.10 Å². The Bertz CT molecular complexity index is 1090. The van der Waals surface area contributed by atoms with Gasteiger partial charge in [0.25, 0.3) is 11.7 Å². The van der Waals surface area contributed by atoms with E-state index in [1.165, 1.54) is 4.90 Å². The van der Waals surface area contributed by atoms with Crippen molar-refractivity contribution in [3.8, 4) is 17.1 Å². The zero-order valence-corrected chi connectivity index (χ0v) is 18.9. The molecule has 9 heteroatoms. The summed E-state index contributed by atoms with van der Waals surface area (Å²) in [4.78, 5) is 43.6. The summed E-state index contributed by atoms with van der Waals surface area (Å²) in [5.41, 5.74) is 1.51. The lowest BCUT2D eigenvalue weighted by molar-refractivity contribution is -0.157. The first-order valence-corrected chi connectivity index (χ1v) is 11.3. The van der Waals surface area contributed by atoms with E-state index in [-0.39, 0.29) is 12.4 Å². The van der Waals surface area contributed by atoms with E-state index in [0.717, 1.165) is 24.1 Å². The average Bonchev–Trinajstić information content (AvgIpc) is 3.34. The summed E-state index contributed by atoms with van der Waals surface area (Å²) >= 11 is 0. The minimum absolute atomic E-state index is 0.156. The number of carbonyl (C=O) groups is 3. The van der Waals surface area contributed by atoms with E-state index in [1.54, 1.807) is 11.6 Å². The number of nitrogens with zero attached hydrogens (tertiary/aromatic N) is 4. The standard InChI is InChI=1S/C25H26N4O5/c1-2-33-24(31)20-15-9-10-16-28(20)21(30)17-34-25(32)22-26-23(18-11-5-3-6-12-18)29(27-22)19-13-7-4-8-14-19/h3-8,11-14,20H,2,9-10,15-17H2,1H3. The number of hydrogen-bond donors (Lipinski definition) is 0. The lowest BCUT2D eigenvalue weighted by Gasteiger charge is -2.33. The highest BCUT2D eigenvalue weighted by atomic mass is 16.5. The molecule has 176 valence electrons. The predicted molar refractivity (Wildman–Crippen MR) is 123 cm³/mol. The second-order valence-electron chi connectivity index (χ2n) is 7.80. The molecule has 2 aromatic carbocycles. The Hall–Kier alpha value is -4.01. The first-order valence-electron chi connectivity index (χ1n) is 11.3. The monoisotopic (exact) mass is 462 g/mol. The Morgan fingerprint density at radius 1 is 0.971 bits per heavy atom. The number of rotatable bonds is 7. The Kier molecular flexibility index (Phi) is 7.31. The number of para-hydroxylation sites is 1. The summed E-state index contributed by atoms with van der Waals surface area (Å²) in [6, 6.07) is 18.0. The van der Waals surface area contributed by atoms with E-state index in [2.05, 4.69) is 10.1 Å². The van der Waals surface area contributed by atoms with Crippen molar-refractivity contribution in [1.82, 2.24) is 19.7 Å². The van der Waals surface area contributed by atoms with Gasteiger partial charge in [0, 0.05) is 12.1 Å². The van der Waals surface area contributed by atoms with Crippen molar-refractivity contribution < 1.29 is 23.9 Å². The number of benzene rings is 2. The SMILES string of the molecule is CCOC(=O)C1CCCCN1C(=O)COC(=O)c1nc(-c2ccccc2)n(-c2ccccc2)n1. The van der Waals surface area contributed by atoms with Crippen molar-refractivity contribution in [2.24, 2.45) is 0 Å². The molecule has 1 unspecified atom stereocenters. The van der Waals surface area contributed by atoms with Gasteiger partial charge >= 0.3 is 11.9 Å². The molecule has 0 radical (unpaired) electrons. The smallest absolute Gasteiger partial charge is 0.378 e. The Balaban J connectivity index is 1.50. The third-order valence-electron chi connectivity index (χ3n) is 5.53. The van der Waals surface area contributed by atoms with Crippen molar-refractivity contribution in [2.45, 2.75) is 32.2 Å². The molecular formula is C25H26N4O5. The summed E-state index contributed by atoms with van der Waals surface area (Å²) < 4.78 is 11.9. The molecule has 1 aliphatic rings. The van der Waals surface area contributed by atoms with E-state index in [0.29, 0.717) is 18.8 Å². The van der Waals surface area contributed by atoms with Crippen LogP contribution in [0.25, 0.3) is 17.1 Å². The Labute approximate surface area is 197 Å². The maximum atomic E-state index is 12.8. The van der Waals surface area contributed by atoms with E-state index in [4.69, 9.17) is 9.47 Å². The summed E-state index contributed by atoms with van der Waals surface area (Å²) in [6.07, 6.45) is 2.14. The zero-order valence-electron chi connectivity index (χ0n) is 18.9. The third-order valence-corrected chi connectivity index (χ3v) is 5.53. The van der Waals surface area contributed by atoms with Gasteiger partial charge in [0.15, 0.2) is 12.4 Å². The fourth-order valence-electron chi connectivity index (χ4n) is 3.91. The van der Waals surface area contributed by atoms with Gasteiger partial charge in [-0.05, 0) is 38.3 Å². The minimum atomic E-state index is -0.815. The number of hydrogen-bond acceptors (Lipinski definition) is 7. The molecule has 1 amide bonds.